The lowest BCUT2D eigenvalue weighted by Gasteiger charge is -2.21. The summed E-state index contributed by atoms with van der Waals surface area (Å²) in [5.74, 6) is 0. The van der Waals surface area contributed by atoms with Gasteiger partial charge in [-0.2, -0.15) is 18.3 Å². The highest BCUT2D eigenvalue weighted by Crippen LogP contribution is 2.19. The minimum Gasteiger partial charge on any atom is -0.381 e. The maximum atomic E-state index is 12.2. The van der Waals surface area contributed by atoms with Gasteiger partial charge >= 0.3 is 6.18 Å². The number of rotatable bonds is 5. The Hall–Kier alpha value is -1.28. The van der Waals surface area contributed by atoms with Crippen molar-refractivity contribution in [1.82, 2.24) is 14.7 Å². The van der Waals surface area contributed by atoms with Crippen molar-refractivity contribution >= 4 is 17.3 Å². The number of hydrogen-bond donors (Lipinski definition) is 1. The number of aromatic nitrogens is 2. The minimum atomic E-state index is -4.52. The summed E-state index contributed by atoms with van der Waals surface area (Å²) in [6.45, 7) is 0.969. The average Bonchev–Trinajstić information content (AvgIpc) is 2.32. The Morgan fingerprint density at radius 2 is 2.10 bits per heavy atom. The first kappa shape index (κ1) is 16.8. The molecule has 0 saturated heterocycles. The van der Waals surface area contributed by atoms with Crippen molar-refractivity contribution in [3.05, 3.63) is 21.6 Å². The molecule has 9 heteroatoms. The molecule has 0 aromatic carbocycles. The van der Waals surface area contributed by atoms with Crippen LogP contribution in [-0.4, -0.2) is 47.5 Å². The fourth-order valence-corrected chi connectivity index (χ4v) is 1.52. The number of alkyl halides is 3. The van der Waals surface area contributed by atoms with Gasteiger partial charge in [-0.05, 0) is 21.0 Å². The lowest BCUT2D eigenvalue weighted by atomic mass is 10.3. The molecule has 1 rings (SSSR count). The Morgan fingerprint density at radius 1 is 1.50 bits per heavy atom. The summed E-state index contributed by atoms with van der Waals surface area (Å²) >= 11 is 5.77. The molecule has 1 heterocycles. The maximum absolute atomic E-state index is 12.2. The molecular formula is C11H16ClF3N4O. The van der Waals surface area contributed by atoms with Crippen molar-refractivity contribution in [3.8, 4) is 0 Å². The Kier molecular flexibility index (Phi) is 5.41. The van der Waals surface area contributed by atoms with Crippen molar-refractivity contribution in [1.29, 1.82) is 0 Å². The molecule has 0 radical (unpaired) electrons. The highest BCUT2D eigenvalue weighted by Gasteiger charge is 2.29. The Balaban J connectivity index is 2.87. The van der Waals surface area contributed by atoms with Gasteiger partial charge in [0.1, 0.15) is 11.6 Å². The molecule has 0 aliphatic carbocycles. The molecule has 0 amide bonds. The van der Waals surface area contributed by atoms with Crippen LogP contribution in [0.1, 0.15) is 6.92 Å². The third-order valence-corrected chi connectivity index (χ3v) is 3.15. The lowest BCUT2D eigenvalue weighted by Crippen LogP contribution is -2.33. The number of hydrogen-bond acceptors (Lipinski definition) is 4. The summed E-state index contributed by atoms with van der Waals surface area (Å²) in [7, 11) is 3.76. The van der Waals surface area contributed by atoms with Gasteiger partial charge in [0.15, 0.2) is 0 Å². The summed E-state index contributed by atoms with van der Waals surface area (Å²) in [4.78, 5) is 13.6. The second-order valence-electron chi connectivity index (χ2n) is 4.64. The number of anilines is 1. The second-order valence-corrected chi connectivity index (χ2v) is 5.02. The topological polar surface area (TPSA) is 50.2 Å². The van der Waals surface area contributed by atoms with E-state index < -0.39 is 18.3 Å². The zero-order valence-electron chi connectivity index (χ0n) is 11.3. The van der Waals surface area contributed by atoms with E-state index in [2.05, 4.69) is 10.4 Å². The van der Waals surface area contributed by atoms with Crippen LogP contribution in [0.25, 0.3) is 0 Å². The molecule has 20 heavy (non-hydrogen) atoms. The Morgan fingerprint density at radius 3 is 2.60 bits per heavy atom. The van der Waals surface area contributed by atoms with Crippen LogP contribution in [0.3, 0.4) is 0 Å². The molecule has 1 unspecified atom stereocenters. The molecule has 1 aromatic heterocycles. The second kappa shape index (κ2) is 6.45. The van der Waals surface area contributed by atoms with Gasteiger partial charge in [0.2, 0.25) is 0 Å². The molecular weight excluding hydrogens is 297 g/mol. The average molecular weight is 313 g/mol. The molecule has 0 aliphatic heterocycles. The van der Waals surface area contributed by atoms with Crippen molar-refractivity contribution in [2.45, 2.75) is 25.7 Å². The Bertz CT molecular complexity index is 515. The molecule has 0 fully saturated rings. The number of nitrogens with one attached hydrogen (secondary N) is 1. The van der Waals surface area contributed by atoms with E-state index in [0.717, 1.165) is 6.20 Å². The van der Waals surface area contributed by atoms with E-state index in [-0.39, 0.29) is 16.8 Å². The highest BCUT2D eigenvalue weighted by atomic mass is 35.5. The predicted octanol–water partition coefficient (Wildman–Crippen LogP) is 1.82. The standard InChI is InChI=1S/C11H16ClF3N4O/c1-7(18(2)3)4-16-8-5-17-19(6-11(13,14)15)10(20)9(8)12/h5,7,16H,4,6H2,1-3H3. The van der Waals surface area contributed by atoms with Gasteiger partial charge in [-0.25, -0.2) is 4.68 Å². The van der Waals surface area contributed by atoms with Crippen LogP contribution in [0.2, 0.25) is 5.02 Å². The third kappa shape index (κ3) is 4.68. The molecule has 1 atom stereocenters. The monoisotopic (exact) mass is 312 g/mol. The van der Waals surface area contributed by atoms with Gasteiger partial charge in [0, 0.05) is 12.6 Å². The third-order valence-electron chi connectivity index (χ3n) is 2.78. The highest BCUT2D eigenvalue weighted by molar-refractivity contribution is 6.32. The van der Waals surface area contributed by atoms with Crippen LogP contribution in [0.15, 0.2) is 11.0 Å². The van der Waals surface area contributed by atoms with E-state index in [0.29, 0.717) is 11.2 Å². The summed E-state index contributed by atoms with van der Waals surface area (Å²) in [5, 5.41) is 6.07. The van der Waals surface area contributed by atoms with Gasteiger partial charge in [0.05, 0.1) is 11.9 Å². The lowest BCUT2D eigenvalue weighted by molar-refractivity contribution is -0.143. The largest absolute Gasteiger partial charge is 0.408 e. The summed E-state index contributed by atoms with van der Waals surface area (Å²) in [6, 6.07) is 0.156. The van der Waals surface area contributed by atoms with Gasteiger partial charge in [0.25, 0.3) is 5.56 Å². The molecule has 114 valence electrons. The van der Waals surface area contributed by atoms with Crippen molar-refractivity contribution in [3.63, 3.8) is 0 Å². The summed E-state index contributed by atoms with van der Waals surface area (Å²) in [6.07, 6.45) is -3.40. The van der Waals surface area contributed by atoms with Crippen molar-refractivity contribution < 1.29 is 13.2 Å². The van der Waals surface area contributed by atoms with E-state index in [4.69, 9.17) is 11.6 Å². The van der Waals surface area contributed by atoms with Crippen LogP contribution in [0, 0.1) is 0 Å². The van der Waals surface area contributed by atoms with Crippen molar-refractivity contribution in [2.75, 3.05) is 26.0 Å². The molecule has 5 nitrogen and oxygen atoms in total. The predicted molar refractivity (Wildman–Crippen MR) is 71.2 cm³/mol. The summed E-state index contributed by atoms with van der Waals surface area (Å²) in [5.41, 5.74) is -0.740. The molecule has 0 aliphatic rings. The van der Waals surface area contributed by atoms with Gasteiger partial charge in [-0.3, -0.25) is 4.79 Å². The minimum absolute atomic E-state index is 0.156. The van der Waals surface area contributed by atoms with E-state index in [1.165, 1.54) is 0 Å². The Labute approximate surface area is 119 Å². The SMILES string of the molecule is CC(CNc1cnn(CC(F)(F)F)c(=O)c1Cl)N(C)C. The number of nitrogens with zero attached hydrogens (tertiary/aromatic N) is 3. The first-order valence-electron chi connectivity index (χ1n) is 5.84. The van der Waals surface area contributed by atoms with E-state index in [1.54, 1.807) is 0 Å². The van der Waals surface area contributed by atoms with Crippen LogP contribution in [-0.2, 0) is 6.54 Å². The number of halogens is 4. The van der Waals surface area contributed by atoms with Gasteiger partial charge < -0.3 is 10.2 Å². The first-order valence-corrected chi connectivity index (χ1v) is 6.22. The number of likely N-dealkylation sites (N-methyl/N-ethyl adjacent to an activating group) is 1. The smallest absolute Gasteiger partial charge is 0.381 e. The zero-order chi connectivity index (χ0) is 15.5. The van der Waals surface area contributed by atoms with Gasteiger partial charge in [-0.1, -0.05) is 11.6 Å². The fourth-order valence-electron chi connectivity index (χ4n) is 1.31. The summed E-state index contributed by atoms with van der Waals surface area (Å²) < 4.78 is 37.0. The van der Waals surface area contributed by atoms with Gasteiger partial charge in [-0.15, -0.1) is 0 Å². The van der Waals surface area contributed by atoms with E-state index >= 15 is 0 Å². The molecule has 0 spiro atoms. The van der Waals surface area contributed by atoms with Crippen LogP contribution in [0.5, 0.6) is 0 Å². The molecule has 0 saturated carbocycles. The fraction of sp³-hybridized carbons (Fsp3) is 0.636. The van der Waals surface area contributed by atoms with Crippen LogP contribution in [0.4, 0.5) is 18.9 Å². The normalized spacial score (nSPS) is 13.6. The molecule has 1 aromatic rings. The molecule has 1 N–H and O–H groups in total. The van der Waals surface area contributed by atoms with E-state index in [9.17, 15) is 18.0 Å². The first-order chi connectivity index (χ1) is 9.11. The maximum Gasteiger partial charge on any atom is 0.408 e. The molecule has 0 bridgehead atoms. The van der Waals surface area contributed by atoms with Crippen molar-refractivity contribution in [2.24, 2.45) is 0 Å². The van der Waals surface area contributed by atoms with Crippen LogP contribution < -0.4 is 10.9 Å². The quantitative estimate of drug-likeness (QED) is 0.901. The zero-order valence-corrected chi connectivity index (χ0v) is 12.1. The van der Waals surface area contributed by atoms with E-state index in [1.807, 2.05) is 25.9 Å². The van der Waals surface area contributed by atoms with Crippen LogP contribution >= 0.6 is 11.6 Å².